The first-order valence-electron chi connectivity index (χ1n) is 7.68. The molecule has 6 heteroatoms. The molecule has 1 N–H and O–H groups in total. The lowest BCUT2D eigenvalue weighted by Gasteiger charge is -2.35. The number of carbonyl (C=O) groups is 2. The van der Waals surface area contributed by atoms with Crippen LogP contribution in [0.2, 0.25) is 0 Å². The Bertz CT molecular complexity index is 352. The van der Waals surface area contributed by atoms with E-state index in [4.69, 9.17) is 9.47 Å². The lowest BCUT2D eigenvalue weighted by molar-refractivity contribution is -0.145. The number of piperidine rings is 1. The van der Waals surface area contributed by atoms with Crippen LogP contribution in [0.4, 0.5) is 4.79 Å². The first kappa shape index (κ1) is 17.8. The molecule has 1 rings (SSSR count). The monoisotopic (exact) mass is 300 g/mol. The molecular formula is C15H28N2O4. The topological polar surface area (TPSA) is 67.9 Å². The van der Waals surface area contributed by atoms with Gasteiger partial charge in [0.1, 0.15) is 5.60 Å². The van der Waals surface area contributed by atoms with Gasteiger partial charge in [-0.15, -0.1) is 0 Å². The van der Waals surface area contributed by atoms with Crippen molar-refractivity contribution in [2.75, 3.05) is 26.2 Å². The van der Waals surface area contributed by atoms with E-state index < -0.39 is 11.7 Å². The highest BCUT2D eigenvalue weighted by molar-refractivity contribution is 5.71. The van der Waals surface area contributed by atoms with Crippen molar-refractivity contribution in [3.63, 3.8) is 0 Å². The van der Waals surface area contributed by atoms with Crippen molar-refractivity contribution in [2.45, 2.75) is 58.6 Å². The summed E-state index contributed by atoms with van der Waals surface area (Å²) in [5, 5.41) is 2.79. The summed E-state index contributed by atoms with van der Waals surface area (Å²) in [4.78, 5) is 25.4. The Balaban J connectivity index is 2.42. The molecule has 0 aromatic carbocycles. The molecule has 21 heavy (non-hydrogen) atoms. The molecular weight excluding hydrogens is 272 g/mol. The fourth-order valence-corrected chi connectivity index (χ4v) is 2.39. The first-order chi connectivity index (χ1) is 9.81. The molecule has 1 heterocycles. The van der Waals surface area contributed by atoms with Crippen LogP contribution in [0, 0.1) is 0 Å². The van der Waals surface area contributed by atoms with Gasteiger partial charge in [0.05, 0.1) is 13.2 Å². The molecule has 0 aliphatic carbocycles. The lowest BCUT2D eigenvalue weighted by Crippen LogP contribution is -2.49. The molecule has 122 valence electrons. The summed E-state index contributed by atoms with van der Waals surface area (Å²) >= 11 is 0. The molecule has 6 nitrogen and oxygen atoms in total. The Morgan fingerprint density at radius 2 is 2.00 bits per heavy atom. The van der Waals surface area contributed by atoms with Gasteiger partial charge in [-0.25, -0.2) is 4.79 Å². The normalized spacial score (nSPS) is 19.9. The van der Waals surface area contributed by atoms with Crippen molar-refractivity contribution < 1.29 is 19.1 Å². The minimum Gasteiger partial charge on any atom is -0.465 e. The van der Waals surface area contributed by atoms with Crippen LogP contribution >= 0.6 is 0 Å². The Morgan fingerprint density at radius 1 is 1.29 bits per heavy atom. The van der Waals surface area contributed by atoms with Gasteiger partial charge in [0.15, 0.2) is 0 Å². The van der Waals surface area contributed by atoms with Crippen LogP contribution in [0.15, 0.2) is 0 Å². The number of alkyl carbamates (subject to hydrolysis) is 1. The molecule has 0 saturated carbocycles. The molecule has 0 bridgehead atoms. The SMILES string of the molecule is CCOC(=O)CN1CCCCC1CNC(=O)OC(C)(C)C. The highest BCUT2D eigenvalue weighted by Gasteiger charge is 2.26. The van der Waals surface area contributed by atoms with Crippen LogP contribution in [0.5, 0.6) is 0 Å². The Hall–Kier alpha value is -1.30. The second-order valence-electron chi connectivity index (χ2n) is 6.31. The summed E-state index contributed by atoms with van der Waals surface area (Å²) in [5.41, 5.74) is -0.499. The van der Waals surface area contributed by atoms with Crippen molar-refractivity contribution in [2.24, 2.45) is 0 Å². The summed E-state index contributed by atoms with van der Waals surface area (Å²) in [7, 11) is 0. The van der Waals surface area contributed by atoms with Crippen LogP contribution in [0.3, 0.4) is 0 Å². The molecule has 1 aliphatic rings. The van der Waals surface area contributed by atoms with Crippen molar-refractivity contribution in [1.82, 2.24) is 10.2 Å². The summed E-state index contributed by atoms with van der Waals surface area (Å²) < 4.78 is 10.2. The zero-order valence-electron chi connectivity index (χ0n) is 13.6. The predicted molar refractivity (Wildman–Crippen MR) is 80.1 cm³/mol. The standard InChI is InChI=1S/C15H28N2O4/c1-5-20-13(18)11-17-9-7-6-8-12(17)10-16-14(19)21-15(2,3)4/h12H,5-11H2,1-4H3,(H,16,19). The van der Waals surface area contributed by atoms with E-state index in [-0.39, 0.29) is 18.6 Å². The fourth-order valence-electron chi connectivity index (χ4n) is 2.39. The minimum atomic E-state index is -0.499. The van der Waals surface area contributed by atoms with Crippen LogP contribution < -0.4 is 5.32 Å². The number of rotatable bonds is 5. The van der Waals surface area contributed by atoms with E-state index in [2.05, 4.69) is 10.2 Å². The molecule has 1 fully saturated rings. The summed E-state index contributed by atoms with van der Waals surface area (Å²) in [6, 6.07) is 0.163. The van der Waals surface area contributed by atoms with Crippen molar-refractivity contribution in [3.8, 4) is 0 Å². The number of nitrogens with zero attached hydrogens (tertiary/aromatic N) is 1. The summed E-state index contributed by atoms with van der Waals surface area (Å²) in [6.45, 7) is 9.34. The Kier molecular flexibility index (Phi) is 6.95. The number of esters is 1. The number of ether oxygens (including phenoxy) is 2. The van der Waals surface area contributed by atoms with Crippen molar-refractivity contribution >= 4 is 12.1 Å². The van der Waals surface area contributed by atoms with E-state index in [1.807, 2.05) is 20.8 Å². The maximum Gasteiger partial charge on any atom is 0.407 e. The van der Waals surface area contributed by atoms with Crippen LogP contribution in [0.25, 0.3) is 0 Å². The van der Waals surface area contributed by atoms with E-state index in [1.165, 1.54) is 0 Å². The molecule has 1 aliphatic heterocycles. The van der Waals surface area contributed by atoms with Gasteiger partial charge in [-0.2, -0.15) is 0 Å². The average molecular weight is 300 g/mol. The van der Waals surface area contributed by atoms with Gasteiger partial charge in [-0.1, -0.05) is 6.42 Å². The minimum absolute atomic E-state index is 0.163. The summed E-state index contributed by atoms with van der Waals surface area (Å²) in [6.07, 6.45) is 2.74. The van der Waals surface area contributed by atoms with Crippen LogP contribution in [-0.4, -0.2) is 54.8 Å². The highest BCUT2D eigenvalue weighted by atomic mass is 16.6. The van der Waals surface area contributed by atoms with Gasteiger partial charge in [0.2, 0.25) is 0 Å². The van der Waals surface area contributed by atoms with Crippen LogP contribution in [0.1, 0.15) is 47.0 Å². The van der Waals surface area contributed by atoms with Gasteiger partial charge >= 0.3 is 12.1 Å². The lowest BCUT2D eigenvalue weighted by atomic mass is 10.0. The molecule has 0 spiro atoms. The second-order valence-corrected chi connectivity index (χ2v) is 6.31. The number of hydrogen-bond donors (Lipinski definition) is 1. The van der Waals surface area contributed by atoms with E-state index in [0.29, 0.717) is 13.2 Å². The zero-order valence-corrected chi connectivity index (χ0v) is 13.6. The van der Waals surface area contributed by atoms with Crippen molar-refractivity contribution in [3.05, 3.63) is 0 Å². The van der Waals surface area contributed by atoms with E-state index in [9.17, 15) is 9.59 Å². The molecule has 1 atom stereocenters. The molecule has 1 unspecified atom stereocenters. The molecule has 0 aromatic heterocycles. The van der Waals surface area contributed by atoms with Gasteiger partial charge in [0, 0.05) is 12.6 Å². The average Bonchev–Trinajstić information content (AvgIpc) is 2.36. The summed E-state index contributed by atoms with van der Waals surface area (Å²) in [5.74, 6) is -0.207. The number of hydrogen-bond acceptors (Lipinski definition) is 5. The molecule has 0 aromatic rings. The zero-order chi connectivity index (χ0) is 15.9. The largest absolute Gasteiger partial charge is 0.465 e. The third-order valence-corrected chi connectivity index (χ3v) is 3.27. The first-order valence-corrected chi connectivity index (χ1v) is 7.68. The Labute approximate surface area is 127 Å². The molecule has 1 saturated heterocycles. The maximum absolute atomic E-state index is 11.7. The van der Waals surface area contributed by atoms with Gasteiger partial charge in [-0.05, 0) is 47.1 Å². The number of carbonyl (C=O) groups excluding carboxylic acids is 2. The smallest absolute Gasteiger partial charge is 0.407 e. The van der Waals surface area contributed by atoms with Gasteiger partial charge in [0.25, 0.3) is 0 Å². The predicted octanol–water partition coefficient (Wildman–Crippen LogP) is 1.93. The fraction of sp³-hybridized carbons (Fsp3) is 0.867. The van der Waals surface area contributed by atoms with E-state index in [0.717, 1.165) is 25.8 Å². The third-order valence-electron chi connectivity index (χ3n) is 3.27. The quantitative estimate of drug-likeness (QED) is 0.786. The maximum atomic E-state index is 11.7. The highest BCUT2D eigenvalue weighted by Crippen LogP contribution is 2.16. The Morgan fingerprint density at radius 3 is 2.62 bits per heavy atom. The van der Waals surface area contributed by atoms with Crippen molar-refractivity contribution in [1.29, 1.82) is 0 Å². The van der Waals surface area contributed by atoms with E-state index in [1.54, 1.807) is 6.92 Å². The van der Waals surface area contributed by atoms with E-state index >= 15 is 0 Å². The molecule has 1 amide bonds. The number of nitrogens with one attached hydrogen (secondary N) is 1. The third kappa shape index (κ3) is 7.32. The molecule has 0 radical (unpaired) electrons. The number of amides is 1. The second kappa shape index (κ2) is 8.22. The van der Waals surface area contributed by atoms with Crippen LogP contribution in [-0.2, 0) is 14.3 Å². The van der Waals surface area contributed by atoms with Gasteiger partial charge < -0.3 is 14.8 Å². The van der Waals surface area contributed by atoms with Gasteiger partial charge in [-0.3, -0.25) is 9.69 Å². The number of likely N-dealkylation sites (tertiary alicyclic amines) is 1.